The third-order valence-electron chi connectivity index (χ3n) is 3.80. The molecule has 11 heteroatoms. The van der Waals surface area contributed by atoms with Crippen molar-refractivity contribution in [1.82, 2.24) is 0 Å². The molecule has 5 atom stereocenters. The average molecular weight is 391 g/mol. The van der Waals surface area contributed by atoms with Crippen molar-refractivity contribution in [3.05, 3.63) is 24.3 Å². The van der Waals surface area contributed by atoms with Crippen molar-refractivity contribution in [2.24, 2.45) is 0 Å². The Morgan fingerprint density at radius 1 is 1.15 bits per heavy atom. The molecule has 0 unspecified atom stereocenters. The van der Waals surface area contributed by atoms with Gasteiger partial charge in [-0.2, -0.15) is 0 Å². The molecular weight excluding hydrogens is 369 g/mol. The summed E-state index contributed by atoms with van der Waals surface area (Å²) in [4.78, 5) is 28.9. The summed E-state index contributed by atoms with van der Waals surface area (Å²) in [5, 5.41) is 32.5. The van der Waals surface area contributed by atoms with Gasteiger partial charge in [0.2, 0.25) is 12.2 Å². The molecule has 0 radical (unpaired) electrons. The van der Waals surface area contributed by atoms with Gasteiger partial charge in [-0.15, -0.1) is 0 Å². The first kappa shape index (κ1) is 20.8. The number of hydrogen-bond donors (Lipinski definition) is 6. The number of aliphatic hydroxyl groups is 3. The molecule has 1 aliphatic rings. The van der Waals surface area contributed by atoms with E-state index in [1.54, 1.807) is 12.1 Å². The number of benzene rings is 1. The highest BCUT2D eigenvalue weighted by atomic mass is 31.2. The van der Waals surface area contributed by atoms with E-state index in [0.29, 0.717) is 5.69 Å². The summed E-state index contributed by atoms with van der Waals surface area (Å²) < 4.78 is 21.8. The van der Waals surface area contributed by atoms with Crippen molar-refractivity contribution in [2.45, 2.75) is 44.1 Å². The zero-order chi connectivity index (χ0) is 19.5. The molecule has 1 aliphatic heterocycles. The Kier molecular flexibility index (Phi) is 6.75. The van der Waals surface area contributed by atoms with Crippen molar-refractivity contribution in [2.75, 3.05) is 11.5 Å². The Hall–Kier alpha value is -1.52. The summed E-state index contributed by atoms with van der Waals surface area (Å²) in [6.45, 7) is 1.36. The molecule has 146 valence electrons. The zero-order valence-corrected chi connectivity index (χ0v) is 14.8. The highest BCUT2D eigenvalue weighted by molar-refractivity contribution is 7.51. The fraction of sp³-hybridized carbons (Fsp3) is 0.533. The number of anilines is 1. The number of rotatable bonds is 6. The minimum absolute atomic E-state index is 0.226. The first-order chi connectivity index (χ1) is 12.1. The van der Waals surface area contributed by atoms with E-state index in [2.05, 4.69) is 5.32 Å². The molecule has 1 heterocycles. The van der Waals surface area contributed by atoms with Crippen LogP contribution in [0.3, 0.4) is 0 Å². The maximum Gasteiger partial charge on any atom is 0.325 e. The molecule has 6 N–H and O–H groups in total. The highest BCUT2D eigenvalue weighted by Gasteiger charge is 2.45. The predicted molar refractivity (Wildman–Crippen MR) is 89.6 cm³/mol. The van der Waals surface area contributed by atoms with Gasteiger partial charge in [0, 0.05) is 12.6 Å². The molecule has 0 bridgehead atoms. The van der Waals surface area contributed by atoms with Crippen LogP contribution in [0.25, 0.3) is 0 Å². The number of aliphatic hydroxyl groups excluding tert-OH is 3. The standard InChI is InChI=1S/C15H22NO9P/c1-8(17)16-9-2-4-10(5-3-9)24-15-14(20)13(19)12(18)11(25-15)6-7-26(21,22)23/h2-5,11-15,18-20H,6-7H2,1H3,(H,16,17)(H2,21,22,23)/t11-,12-,13+,14+,15+/m1/s1. The molecule has 0 aromatic heterocycles. The summed E-state index contributed by atoms with van der Waals surface area (Å²) in [6, 6.07) is 6.12. The molecule has 10 nitrogen and oxygen atoms in total. The second kappa shape index (κ2) is 8.45. The van der Waals surface area contributed by atoms with Crippen LogP contribution in [0.4, 0.5) is 5.69 Å². The quantitative estimate of drug-likeness (QED) is 0.347. The summed E-state index contributed by atoms with van der Waals surface area (Å²) in [6.07, 6.45) is -7.92. The fourth-order valence-electron chi connectivity index (χ4n) is 2.50. The van der Waals surface area contributed by atoms with E-state index >= 15 is 0 Å². The van der Waals surface area contributed by atoms with E-state index in [9.17, 15) is 24.7 Å². The van der Waals surface area contributed by atoms with Crippen LogP contribution in [0.1, 0.15) is 13.3 Å². The maximum absolute atomic E-state index is 11.0. The van der Waals surface area contributed by atoms with Crippen LogP contribution in [-0.4, -0.2) is 67.9 Å². The lowest BCUT2D eigenvalue weighted by atomic mass is 9.97. The molecule has 1 amide bonds. The maximum atomic E-state index is 11.0. The van der Waals surface area contributed by atoms with Crippen LogP contribution in [0, 0.1) is 0 Å². The van der Waals surface area contributed by atoms with Gasteiger partial charge in [0.05, 0.1) is 12.3 Å². The Morgan fingerprint density at radius 2 is 1.77 bits per heavy atom. The van der Waals surface area contributed by atoms with Crippen LogP contribution in [0.15, 0.2) is 24.3 Å². The molecule has 0 aliphatic carbocycles. The largest absolute Gasteiger partial charge is 0.462 e. The van der Waals surface area contributed by atoms with Crippen molar-refractivity contribution >= 4 is 19.2 Å². The van der Waals surface area contributed by atoms with Gasteiger partial charge in [-0.25, -0.2) is 0 Å². The summed E-state index contributed by atoms with van der Waals surface area (Å²) in [5.74, 6) is 0.0233. The Balaban J connectivity index is 2.04. The summed E-state index contributed by atoms with van der Waals surface area (Å²) in [7, 11) is -4.31. The highest BCUT2D eigenvalue weighted by Crippen LogP contribution is 2.37. The normalized spacial score (nSPS) is 29.2. The van der Waals surface area contributed by atoms with Crippen LogP contribution >= 0.6 is 7.60 Å². The van der Waals surface area contributed by atoms with Crippen molar-refractivity contribution in [3.8, 4) is 5.75 Å². The van der Waals surface area contributed by atoms with Crippen LogP contribution in [0.2, 0.25) is 0 Å². The van der Waals surface area contributed by atoms with E-state index in [0.717, 1.165) is 0 Å². The Labute approximate surface area is 149 Å². The summed E-state index contributed by atoms with van der Waals surface area (Å²) >= 11 is 0. The molecule has 26 heavy (non-hydrogen) atoms. The number of carbonyl (C=O) groups excluding carboxylic acids is 1. The van der Waals surface area contributed by atoms with Crippen molar-refractivity contribution in [3.63, 3.8) is 0 Å². The van der Waals surface area contributed by atoms with E-state index in [4.69, 9.17) is 19.3 Å². The van der Waals surface area contributed by atoms with E-state index < -0.39 is 44.5 Å². The van der Waals surface area contributed by atoms with Gasteiger partial charge in [-0.05, 0) is 30.7 Å². The molecule has 2 rings (SSSR count). The molecule has 1 aromatic carbocycles. The smallest absolute Gasteiger partial charge is 0.325 e. The topological polar surface area (TPSA) is 166 Å². The minimum Gasteiger partial charge on any atom is -0.462 e. The number of amides is 1. The van der Waals surface area contributed by atoms with Gasteiger partial charge in [-0.3, -0.25) is 9.36 Å². The van der Waals surface area contributed by atoms with Crippen LogP contribution in [-0.2, 0) is 14.1 Å². The van der Waals surface area contributed by atoms with E-state index in [1.807, 2.05) is 0 Å². The Bertz CT molecular complexity index is 662. The summed E-state index contributed by atoms with van der Waals surface area (Å²) in [5.41, 5.74) is 0.532. The first-order valence-electron chi connectivity index (χ1n) is 7.85. The monoisotopic (exact) mass is 391 g/mol. The minimum atomic E-state index is -4.31. The van der Waals surface area contributed by atoms with Gasteiger partial charge in [-0.1, -0.05) is 0 Å². The lowest BCUT2D eigenvalue weighted by Gasteiger charge is -2.40. The molecule has 1 aromatic rings. The molecule has 0 spiro atoms. The third kappa shape index (κ3) is 5.75. The van der Waals surface area contributed by atoms with Crippen molar-refractivity contribution in [1.29, 1.82) is 0 Å². The van der Waals surface area contributed by atoms with Gasteiger partial charge in [0.25, 0.3) is 0 Å². The molecule has 1 fully saturated rings. The second-order valence-electron chi connectivity index (χ2n) is 6.02. The lowest BCUT2D eigenvalue weighted by molar-refractivity contribution is -0.272. The molecule has 0 saturated carbocycles. The van der Waals surface area contributed by atoms with Crippen molar-refractivity contribution < 1.29 is 43.9 Å². The van der Waals surface area contributed by atoms with Crippen LogP contribution in [0.5, 0.6) is 5.75 Å². The van der Waals surface area contributed by atoms with Gasteiger partial charge >= 0.3 is 7.60 Å². The number of ether oxygens (including phenoxy) is 2. The molecule has 1 saturated heterocycles. The average Bonchev–Trinajstić information content (AvgIpc) is 2.54. The second-order valence-corrected chi connectivity index (χ2v) is 7.79. The van der Waals surface area contributed by atoms with E-state index in [-0.39, 0.29) is 18.1 Å². The predicted octanol–water partition coefficient (Wildman–Crippen LogP) is -0.601. The lowest BCUT2D eigenvalue weighted by Crippen LogP contribution is -2.59. The third-order valence-corrected chi connectivity index (χ3v) is 4.64. The van der Waals surface area contributed by atoms with Gasteiger partial charge in [0.1, 0.15) is 24.1 Å². The molecular formula is C15H22NO9P. The SMILES string of the molecule is CC(=O)Nc1ccc(O[C@H]2O[C@H](CCP(=O)(O)O)[C@@H](O)[C@H](O)[C@@H]2O)cc1. The number of nitrogens with one attached hydrogen (secondary N) is 1. The van der Waals surface area contributed by atoms with Crippen LogP contribution < -0.4 is 10.1 Å². The van der Waals surface area contributed by atoms with E-state index in [1.165, 1.54) is 19.1 Å². The first-order valence-corrected chi connectivity index (χ1v) is 9.65. The zero-order valence-electron chi connectivity index (χ0n) is 13.9. The van der Waals surface area contributed by atoms with Gasteiger partial charge < -0.3 is 39.9 Å². The Morgan fingerprint density at radius 3 is 2.31 bits per heavy atom. The van der Waals surface area contributed by atoms with Gasteiger partial charge in [0.15, 0.2) is 0 Å². The number of carbonyl (C=O) groups is 1. The number of hydrogen-bond acceptors (Lipinski definition) is 7. The fourth-order valence-corrected chi connectivity index (χ4v) is 3.09.